The predicted octanol–water partition coefficient (Wildman–Crippen LogP) is 1.17. The molecule has 20 heavy (non-hydrogen) atoms. The molecule has 1 saturated heterocycles. The maximum absolute atomic E-state index is 8.95. The standard InChI is InChI=1S/C13H23N5OS/c1-10-8-11(17(2)15-10)9-18-6-4-13(20-3,5-7-18)12(14)16-19/h8,19H,4-7,9H2,1-3H3,(H2,14,16). The van der Waals surface area contributed by atoms with Crippen LogP contribution in [0, 0.1) is 6.92 Å². The van der Waals surface area contributed by atoms with Gasteiger partial charge in [0.1, 0.15) is 0 Å². The van der Waals surface area contributed by atoms with E-state index in [2.05, 4.69) is 21.2 Å². The van der Waals surface area contributed by atoms with Crippen molar-refractivity contribution in [2.24, 2.45) is 17.9 Å². The fourth-order valence-corrected chi connectivity index (χ4v) is 3.61. The van der Waals surface area contributed by atoms with Crippen molar-refractivity contribution in [1.29, 1.82) is 0 Å². The van der Waals surface area contributed by atoms with Crippen LogP contribution in [0.5, 0.6) is 0 Å². The summed E-state index contributed by atoms with van der Waals surface area (Å²) < 4.78 is 1.73. The van der Waals surface area contributed by atoms with Crippen molar-refractivity contribution < 1.29 is 5.21 Å². The topological polar surface area (TPSA) is 79.7 Å². The van der Waals surface area contributed by atoms with Gasteiger partial charge in [0.15, 0.2) is 5.84 Å². The van der Waals surface area contributed by atoms with Crippen molar-refractivity contribution >= 4 is 17.6 Å². The fourth-order valence-electron chi connectivity index (χ4n) is 2.77. The molecule has 0 spiro atoms. The van der Waals surface area contributed by atoms with E-state index in [1.165, 1.54) is 5.69 Å². The summed E-state index contributed by atoms with van der Waals surface area (Å²) in [5.41, 5.74) is 8.14. The molecule has 0 bridgehead atoms. The number of thioether (sulfide) groups is 1. The van der Waals surface area contributed by atoms with Gasteiger partial charge in [-0.3, -0.25) is 9.58 Å². The number of hydrogen-bond donors (Lipinski definition) is 2. The lowest BCUT2D eigenvalue weighted by atomic mass is 9.94. The smallest absolute Gasteiger partial charge is 0.155 e. The van der Waals surface area contributed by atoms with Crippen molar-refractivity contribution in [3.8, 4) is 0 Å². The largest absolute Gasteiger partial charge is 0.409 e. The van der Waals surface area contributed by atoms with E-state index in [9.17, 15) is 0 Å². The lowest BCUT2D eigenvalue weighted by Gasteiger charge is -2.39. The molecule has 0 saturated carbocycles. The summed E-state index contributed by atoms with van der Waals surface area (Å²) in [4.78, 5) is 2.40. The van der Waals surface area contributed by atoms with Crippen LogP contribution in [0.1, 0.15) is 24.2 Å². The van der Waals surface area contributed by atoms with Gasteiger partial charge >= 0.3 is 0 Å². The quantitative estimate of drug-likeness (QED) is 0.377. The molecule has 2 rings (SSSR count). The summed E-state index contributed by atoms with van der Waals surface area (Å²) in [7, 11) is 1.98. The van der Waals surface area contributed by atoms with Gasteiger partial charge in [-0.1, -0.05) is 5.16 Å². The number of rotatable bonds is 4. The molecule has 0 unspecified atom stereocenters. The molecule has 1 fully saturated rings. The van der Waals surface area contributed by atoms with Gasteiger partial charge in [-0.15, -0.1) is 0 Å². The molecule has 1 aliphatic heterocycles. The Bertz CT molecular complexity index is 491. The Labute approximate surface area is 124 Å². The van der Waals surface area contributed by atoms with Gasteiger partial charge in [0.05, 0.1) is 16.1 Å². The summed E-state index contributed by atoms with van der Waals surface area (Å²) in [6.45, 7) is 4.80. The number of aryl methyl sites for hydroxylation is 2. The molecule has 1 aromatic rings. The third-order valence-corrected chi connectivity index (χ3v) is 5.51. The first-order valence-electron chi connectivity index (χ1n) is 6.76. The van der Waals surface area contributed by atoms with Crippen LogP contribution in [0.2, 0.25) is 0 Å². The first kappa shape index (κ1) is 15.2. The van der Waals surface area contributed by atoms with Gasteiger partial charge in [0.25, 0.3) is 0 Å². The maximum atomic E-state index is 8.95. The summed E-state index contributed by atoms with van der Waals surface area (Å²) >= 11 is 1.68. The van der Waals surface area contributed by atoms with E-state index in [0.29, 0.717) is 5.84 Å². The molecular weight excluding hydrogens is 274 g/mol. The molecule has 1 aliphatic rings. The second-order valence-electron chi connectivity index (χ2n) is 5.36. The van der Waals surface area contributed by atoms with Crippen LogP contribution in [0.15, 0.2) is 11.2 Å². The Balaban J connectivity index is 1.99. The second kappa shape index (κ2) is 6.05. The van der Waals surface area contributed by atoms with Gasteiger partial charge in [0.2, 0.25) is 0 Å². The molecule has 0 aliphatic carbocycles. The number of hydrogen-bond acceptors (Lipinski definition) is 5. The SMILES string of the molecule is CSC1(C(N)=NO)CCN(Cc2cc(C)nn2C)CC1. The van der Waals surface area contributed by atoms with Crippen LogP contribution in [-0.4, -0.2) is 49.8 Å². The maximum Gasteiger partial charge on any atom is 0.155 e. The van der Waals surface area contributed by atoms with E-state index in [4.69, 9.17) is 10.9 Å². The zero-order valence-electron chi connectivity index (χ0n) is 12.3. The molecule has 112 valence electrons. The molecular formula is C13H23N5OS. The Morgan fingerprint density at radius 1 is 1.55 bits per heavy atom. The van der Waals surface area contributed by atoms with E-state index in [0.717, 1.165) is 38.2 Å². The molecule has 0 atom stereocenters. The first-order valence-corrected chi connectivity index (χ1v) is 7.98. The van der Waals surface area contributed by atoms with E-state index in [1.807, 2.05) is 24.9 Å². The lowest BCUT2D eigenvalue weighted by molar-refractivity contribution is 0.205. The molecule has 0 aromatic carbocycles. The van der Waals surface area contributed by atoms with E-state index < -0.39 is 0 Å². The van der Waals surface area contributed by atoms with Crippen LogP contribution in [0.4, 0.5) is 0 Å². The molecule has 7 heteroatoms. The zero-order chi connectivity index (χ0) is 14.8. The summed E-state index contributed by atoms with van der Waals surface area (Å²) in [6.07, 6.45) is 3.83. The number of nitrogens with zero attached hydrogens (tertiary/aromatic N) is 4. The van der Waals surface area contributed by atoms with Crippen LogP contribution < -0.4 is 5.73 Å². The van der Waals surface area contributed by atoms with Gasteiger partial charge in [-0.25, -0.2) is 0 Å². The number of amidine groups is 1. The first-order chi connectivity index (χ1) is 9.50. The van der Waals surface area contributed by atoms with Gasteiger partial charge in [0, 0.05) is 26.7 Å². The fraction of sp³-hybridized carbons (Fsp3) is 0.692. The molecule has 3 N–H and O–H groups in total. The van der Waals surface area contributed by atoms with Crippen LogP contribution in [0.3, 0.4) is 0 Å². The van der Waals surface area contributed by atoms with Crippen molar-refractivity contribution in [3.05, 3.63) is 17.5 Å². The van der Waals surface area contributed by atoms with E-state index in [1.54, 1.807) is 11.8 Å². The monoisotopic (exact) mass is 297 g/mol. The average molecular weight is 297 g/mol. The Morgan fingerprint density at radius 3 is 2.65 bits per heavy atom. The average Bonchev–Trinajstić information content (AvgIpc) is 2.77. The minimum atomic E-state index is -0.215. The van der Waals surface area contributed by atoms with Crippen molar-refractivity contribution in [1.82, 2.24) is 14.7 Å². The Kier molecular flexibility index (Phi) is 4.59. The van der Waals surface area contributed by atoms with Gasteiger partial charge in [-0.2, -0.15) is 16.9 Å². The third kappa shape index (κ3) is 2.93. The summed E-state index contributed by atoms with van der Waals surface area (Å²) in [6, 6.07) is 2.12. The number of oxime groups is 1. The zero-order valence-corrected chi connectivity index (χ0v) is 13.2. The Morgan fingerprint density at radius 2 is 2.20 bits per heavy atom. The Hall–Kier alpha value is -1.21. The van der Waals surface area contributed by atoms with E-state index >= 15 is 0 Å². The lowest BCUT2D eigenvalue weighted by Crippen LogP contribution is -2.50. The number of likely N-dealkylation sites (tertiary alicyclic amines) is 1. The normalized spacial score (nSPS) is 20.2. The highest BCUT2D eigenvalue weighted by atomic mass is 32.2. The molecule has 1 aromatic heterocycles. The number of aromatic nitrogens is 2. The van der Waals surface area contributed by atoms with Crippen molar-refractivity contribution in [3.63, 3.8) is 0 Å². The highest BCUT2D eigenvalue weighted by molar-refractivity contribution is 8.00. The number of piperidine rings is 1. The molecule has 2 heterocycles. The third-order valence-electron chi connectivity index (χ3n) is 4.11. The van der Waals surface area contributed by atoms with Crippen LogP contribution >= 0.6 is 11.8 Å². The summed E-state index contributed by atoms with van der Waals surface area (Å²) in [5, 5.41) is 16.5. The number of nitrogens with two attached hydrogens (primary N) is 1. The van der Waals surface area contributed by atoms with E-state index in [-0.39, 0.29) is 4.75 Å². The highest BCUT2D eigenvalue weighted by Gasteiger charge is 2.38. The minimum Gasteiger partial charge on any atom is -0.409 e. The van der Waals surface area contributed by atoms with Crippen molar-refractivity contribution in [2.45, 2.75) is 31.1 Å². The molecule has 0 amide bonds. The highest BCUT2D eigenvalue weighted by Crippen LogP contribution is 2.35. The van der Waals surface area contributed by atoms with Gasteiger partial charge < -0.3 is 10.9 Å². The second-order valence-corrected chi connectivity index (χ2v) is 6.55. The predicted molar refractivity (Wildman–Crippen MR) is 82.1 cm³/mol. The van der Waals surface area contributed by atoms with Crippen LogP contribution in [0.25, 0.3) is 0 Å². The molecule has 6 nitrogen and oxygen atoms in total. The summed E-state index contributed by atoms with van der Waals surface area (Å²) in [5.74, 6) is 0.348. The minimum absolute atomic E-state index is 0.215. The van der Waals surface area contributed by atoms with Crippen LogP contribution in [-0.2, 0) is 13.6 Å². The molecule has 0 radical (unpaired) electrons. The van der Waals surface area contributed by atoms with Crippen molar-refractivity contribution in [2.75, 3.05) is 19.3 Å². The van der Waals surface area contributed by atoms with Gasteiger partial charge in [-0.05, 0) is 32.1 Å².